The van der Waals surface area contributed by atoms with Gasteiger partial charge in [0.15, 0.2) is 23.3 Å². The molecule has 206 valence electrons. The summed E-state index contributed by atoms with van der Waals surface area (Å²) in [5.41, 5.74) is -1.03. The van der Waals surface area contributed by atoms with E-state index in [1.165, 1.54) is 29.1 Å². The molecule has 0 bridgehead atoms. The molecule has 0 spiro atoms. The zero-order chi connectivity index (χ0) is 28.1. The number of pyridine rings is 2. The molecule has 3 aromatic heterocycles. The largest absolute Gasteiger partial charge is 2.00 e. The molecule has 0 fully saturated rings. The second kappa shape index (κ2) is 11.0. The van der Waals surface area contributed by atoms with Crippen molar-refractivity contribution in [1.82, 2.24) is 19.7 Å². The third-order valence-electron chi connectivity index (χ3n) is 6.15. The molecule has 0 aliphatic carbocycles. The van der Waals surface area contributed by atoms with Crippen molar-refractivity contribution in [1.29, 1.82) is 0 Å². The molecular formula is C28H15F7N4Pt. The van der Waals surface area contributed by atoms with Gasteiger partial charge >= 0.3 is 21.1 Å². The van der Waals surface area contributed by atoms with Crippen LogP contribution in [-0.4, -0.2) is 19.7 Å². The molecule has 2 aromatic carbocycles. The van der Waals surface area contributed by atoms with E-state index in [9.17, 15) is 30.7 Å². The van der Waals surface area contributed by atoms with Crippen LogP contribution in [0.5, 0.6) is 0 Å². The number of aromatic nitrogens is 4. The zero-order valence-corrected chi connectivity index (χ0v) is 22.7. The Bertz CT molecular complexity index is 1710. The first-order chi connectivity index (χ1) is 18.5. The van der Waals surface area contributed by atoms with Crippen LogP contribution < -0.4 is 0 Å². The van der Waals surface area contributed by atoms with Crippen molar-refractivity contribution in [2.24, 2.45) is 0 Å². The molecule has 3 heterocycles. The predicted molar refractivity (Wildman–Crippen MR) is 126 cm³/mol. The normalized spacial score (nSPS) is 11.4. The average molecular weight is 736 g/mol. The summed E-state index contributed by atoms with van der Waals surface area (Å²) >= 11 is 0. The second-order valence-electron chi connectivity index (χ2n) is 8.98. The molecule has 40 heavy (non-hydrogen) atoms. The maximum atomic E-state index is 14.4. The molecule has 0 atom stereocenters. The quantitative estimate of drug-likeness (QED) is 0.0650. The van der Waals surface area contributed by atoms with E-state index < -0.39 is 52.0 Å². The van der Waals surface area contributed by atoms with Crippen molar-refractivity contribution in [3.8, 4) is 28.1 Å². The van der Waals surface area contributed by atoms with E-state index in [4.69, 9.17) is 0 Å². The second-order valence-corrected chi connectivity index (χ2v) is 8.98. The summed E-state index contributed by atoms with van der Waals surface area (Å²) in [5, 5.41) is 4.49. The minimum absolute atomic E-state index is 0. The first kappa shape index (κ1) is 29.1. The summed E-state index contributed by atoms with van der Waals surface area (Å²) in [5.74, 6) is -12.3. The van der Waals surface area contributed by atoms with Crippen molar-refractivity contribution in [2.75, 3.05) is 0 Å². The Hall–Kier alpha value is -3.85. The van der Waals surface area contributed by atoms with Gasteiger partial charge in [0.1, 0.15) is 11.9 Å². The molecular weight excluding hydrogens is 720 g/mol. The van der Waals surface area contributed by atoms with Crippen LogP contribution in [0, 0.1) is 53.1 Å². The average Bonchev–Trinajstić information content (AvgIpc) is 3.43. The summed E-state index contributed by atoms with van der Waals surface area (Å²) in [4.78, 5) is 7.64. The summed E-state index contributed by atoms with van der Waals surface area (Å²) in [7, 11) is 0. The van der Waals surface area contributed by atoms with Gasteiger partial charge in [-0.05, 0) is 37.4 Å². The van der Waals surface area contributed by atoms with Gasteiger partial charge in [0, 0.05) is 17.5 Å². The van der Waals surface area contributed by atoms with Crippen molar-refractivity contribution in [3.63, 3.8) is 0 Å². The third kappa shape index (κ3) is 5.06. The van der Waals surface area contributed by atoms with E-state index in [2.05, 4.69) is 27.2 Å². The van der Waals surface area contributed by atoms with Crippen LogP contribution in [0.4, 0.5) is 30.7 Å². The standard InChI is InChI=1S/C28H15F7N4.Pt/c1-28(2,18-8-4-7-17(36-18)16-9-10-20(29)37-27(16)35)19-11-12-39(38-19)15-6-3-5-14(13-15)21-22(30)24(32)26(34)25(33)23(21)31;/h3-5,7-8,10-13H,1-2H3;/q-2;+2. The number of halogens is 7. The molecule has 12 heteroatoms. The molecule has 5 rings (SSSR count). The van der Waals surface area contributed by atoms with E-state index in [0.717, 1.165) is 12.1 Å². The van der Waals surface area contributed by atoms with Gasteiger partial charge < -0.3 is 4.98 Å². The van der Waals surface area contributed by atoms with Crippen LogP contribution in [0.15, 0.2) is 54.7 Å². The molecule has 0 N–H and O–H groups in total. The van der Waals surface area contributed by atoms with Gasteiger partial charge in [0.2, 0.25) is 5.82 Å². The van der Waals surface area contributed by atoms with Gasteiger partial charge in [-0.3, -0.25) is 9.67 Å². The van der Waals surface area contributed by atoms with Gasteiger partial charge in [-0.1, -0.05) is 23.8 Å². The first-order valence-electron chi connectivity index (χ1n) is 11.3. The number of benzene rings is 2. The maximum absolute atomic E-state index is 14.4. The summed E-state index contributed by atoms with van der Waals surface area (Å²) in [6.07, 6.45) is 1.52. The Kier molecular flexibility index (Phi) is 7.99. The fourth-order valence-electron chi connectivity index (χ4n) is 4.00. The van der Waals surface area contributed by atoms with Crippen molar-refractivity contribution in [3.05, 3.63) is 119 Å². The van der Waals surface area contributed by atoms with Gasteiger partial charge in [-0.2, -0.15) is 23.3 Å². The van der Waals surface area contributed by atoms with E-state index in [1.54, 1.807) is 32.0 Å². The van der Waals surface area contributed by atoms with Gasteiger partial charge in [-0.15, -0.1) is 17.7 Å². The Morgan fingerprint density at radius 3 is 2.12 bits per heavy atom. The Labute approximate surface area is 237 Å². The molecule has 0 aliphatic heterocycles. The Morgan fingerprint density at radius 2 is 1.45 bits per heavy atom. The number of nitrogens with zero attached hydrogens (tertiary/aromatic N) is 4. The van der Waals surface area contributed by atoms with Crippen LogP contribution in [-0.2, 0) is 26.5 Å². The van der Waals surface area contributed by atoms with Crippen LogP contribution in [0.2, 0.25) is 0 Å². The number of hydrogen-bond donors (Lipinski definition) is 0. The molecule has 0 unspecified atom stereocenters. The molecule has 5 aromatic rings. The van der Waals surface area contributed by atoms with Crippen LogP contribution >= 0.6 is 0 Å². The van der Waals surface area contributed by atoms with Gasteiger partial charge in [-0.25, -0.2) is 30.7 Å². The topological polar surface area (TPSA) is 43.6 Å². The summed E-state index contributed by atoms with van der Waals surface area (Å²) < 4.78 is 98.4. The number of rotatable bonds is 5. The van der Waals surface area contributed by atoms with Crippen LogP contribution in [0.25, 0.3) is 28.1 Å². The molecule has 0 saturated heterocycles. The van der Waals surface area contributed by atoms with E-state index in [0.29, 0.717) is 11.4 Å². The predicted octanol–water partition coefficient (Wildman–Crippen LogP) is 6.89. The first-order valence-corrected chi connectivity index (χ1v) is 11.3. The Morgan fingerprint density at radius 1 is 0.775 bits per heavy atom. The van der Waals surface area contributed by atoms with Crippen molar-refractivity contribution < 1.29 is 51.8 Å². The summed E-state index contributed by atoms with van der Waals surface area (Å²) in [6.45, 7) is 3.59. The van der Waals surface area contributed by atoms with Gasteiger partial charge in [0.25, 0.3) is 0 Å². The monoisotopic (exact) mass is 735 g/mol. The number of hydrogen-bond acceptors (Lipinski definition) is 3. The molecule has 0 amide bonds. The SMILES string of the molecule is CC(C)(c1cccc(-c2[c-]cc(F)nc2F)n1)c1ccn(-c2[c-]ccc(-c3c(F)c(F)c(F)c(F)c3F)c2)n1.[Pt+2]. The minimum Gasteiger partial charge on any atom is -0.300 e. The minimum atomic E-state index is -2.25. The molecule has 0 saturated carbocycles. The third-order valence-corrected chi connectivity index (χ3v) is 6.15. The smallest absolute Gasteiger partial charge is 0.300 e. The maximum Gasteiger partial charge on any atom is 2.00 e. The Balaban J connectivity index is 0.00000370. The fraction of sp³-hybridized carbons (Fsp3) is 0.107. The van der Waals surface area contributed by atoms with Crippen molar-refractivity contribution >= 4 is 0 Å². The van der Waals surface area contributed by atoms with E-state index in [1.807, 2.05) is 0 Å². The fourth-order valence-corrected chi connectivity index (χ4v) is 4.00. The van der Waals surface area contributed by atoms with Gasteiger partial charge in [0.05, 0.1) is 11.1 Å². The van der Waals surface area contributed by atoms with Crippen LogP contribution in [0.3, 0.4) is 0 Å². The summed E-state index contributed by atoms with van der Waals surface area (Å²) in [6, 6.07) is 16.3. The zero-order valence-electron chi connectivity index (χ0n) is 20.4. The van der Waals surface area contributed by atoms with E-state index in [-0.39, 0.29) is 43.6 Å². The van der Waals surface area contributed by atoms with E-state index >= 15 is 0 Å². The molecule has 0 aliphatic rings. The van der Waals surface area contributed by atoms with Crippen molar-refractivity contribution in [2.45, 2.75) is 19.3 Å². The molecule has 4 nitrogen and oxygen atoms in total. The van der Waals surface area contributed by atoms with Crippen LogP contribution in [0.1, 0.15) is 25.2 Å². The molecule has 0 radical (unpaired) electrons.